The molecule has 6 nitrogen and oxygen atoms in total. The van der Waals surface area contributed by atoms with Crippen LogP contribution in [0.15, 0.2) is 30.3 Å². The number of nitrogens with one attached hydrogen (secondary N) is 1. The summed E-state index contributed by atoms with van der Waals surface area (Å²) in [5, 5.41) is 12.7. The van der Waals surface area contributed by atoms with E-state index in [0.29, 0.717) is 18.1 Å². The molecule has 0 bridgehead atoms. The lowest BCUT2D eigenvalue weighted by molar-refractivity contribution is -0.127. The fourth-order valence-electron chi connectivity index (χ4n) is 2.74. The fraction of sp³-hybridized carbons (Fsp3) is 0.444. The Labute approximate surface area is 151 Å². The van der Waals surface area contributed by atoms with E-state index in [1.165, 1.54) is 11.3 Å². The number of carbonyl (C=O) groups excluding carboxylic acids is 2. The largest absolute Gasteiger partial charge is 0.351 e. The highest BCUT2D eigenvalue weighted by molar-refractivity contribution is 7.15. The van der Waals surface area contributed by atoms with E-state index >= 15 is 0 Å². The van der Waals surface area contributed by atoms with Crippen molar-refractivity contribution < 1.29 is 9.59 Å². The van der Waals surface area contributed by atoms with Crippen molar-refractivity contribution in [2.45, 2.75) is 39.2 Å². The van der Waals surface area contributed by atoms with Gasteiger partial charge in [0.2, 0.25) is 16.9 Å². The first-order valence-electron chi connectivity index (χ1n) is 8.30. The second kappa shape index (κ2) is 6.92. The van der Waals surface area contributed by atoms with Gasteiger partial charge in [0.15, 0.2) is 0 Å². The lowest BCUT2D eigenvalue weighted by Gasteiger charge is -2.22. The van der Waals surface area contributed by atoms with E-state index < -0.39 is 0 Å². The van der Waals surface area contributed by atoms with Crippen LogP contribution in [-0.4, -0.2) is 34.1 Å². The van der Waals surface area contributed by atoms with Crippen LogP contribution in [0.4, 0.5) is 5.13 Å². The zero-order valence-electron chi connectivity index (χ0n) is 14.7. The summed E-state index contributed by atoms with van der Waals surface area (Å²) in [5.41, 5.74) is 0.847. The Morgan fingerprint density at radius 1 is 1.28 bits per heavy atom. The standard InChI is InChI=1S/C18H22N4O2S/c1-18(2,3)19-16(24)13-10-15(23)22(11-13)17-21-20-14(25-17)9-12-7-5-4-6-8-12/h4-8,13H,9-11H2,1-3H3,(H,19,24). The Morgan fingerprint density at radius 3 is 2.68 bits per heavy atom. The van der Waals surface area contributed by atoms with Crippen molar-refractivity contribution in [1.29, 1.82) is 0 Å². The van der Waals surface area contributed by atoms with Gasteiger partial charge in [-0.3, -0.25) is 14.5 Å². The molecule has 1 aliphatic heterocycles. The first-order valence-corrected chi connectivity index (χ1v) is 9.12. The molecule has 1 aromatic heterocycles. The summed E-state index contributed by atoms with van der Waals surface area (Å²) in [4.78, 5) is 26.2. The molecule has 1 saturated heterocycles. The van der Waals surface area contributed by atoms with E-state index in [4.69, 9.17) is 0 Å². The highest BCUT2D eigenvalue weighted by Gasteiger charge is 2.37. The molecule has 1 fully saturated rings. The number of amides is 2. The molecule has 7 heteroatoms. The molecule has 0 aliphatic carbocycles. The highest BCUT2D eigenvalue weighted by Crippen LogP contribution is 2.29. The molecule has 132 valence electrons. The summed E-state index contributed by atoms with van der Waals surface area (Å²) in [6, 6.07) is 10.0. The molecule has 1 aromatic carbocycles. The summed E-state index contributed by atoms with van der Waals surface area (Å²) < 4.78 is 0. The van der Waals surface area contributed by atoms with Crippen LogP contribution in [0.5, 0.6) is 0 Å². The Bertz CT molecular complexity index is 767. The summed E-state index contributed by atoms with van der Waals surface area (Å²) >= 11 is 1.41. The minimum Gasteiger partial charge on any atom is -0.351 e. The molecule has 1 unspecified atom stereocenters. The van der Waals surface area contributed by atoms with Crippen molar-refractivity contribution in [3.05, 3.63) is 40.9 Å². The monoisotopic (exact) mass is 358 g/mol. The summed E-state index contributed by atoms with van der Waals surface area (Å²) in [6.07, 6.45) is 0.907. The molecular weight excluding hydrogens is 336 g/mol. The van der Waals surface area contributed by atoms with Gasteiger partial charge in [0.05, 0.1) is 5.92 Å². The van der Waals surface area contributed by atoms with Crippen LogP contribution in [0.2, 0.25) is 0 Å². The van der Waals surface area contributed by atoms with Gasteiger partial charge in [0.25, 0.3) is 0 Å². The predicted octanol–water partition coefficient (Wildman–Crippen LogP) is 2.40. The quantitative estimate of drug-likeness (QED) is 0.911. The Hall–Kier alpha value is -2.28. The van der Waals surface area contributed by atoms with Crippen LogP contribution in [0.25, 0.3) is 0 Å². The number of benzene rings is 1. The molecule has 1 aliphatic rings. The van der Waals surface area contributed by atoms with Crippen molar-refractivity contribution in [1.82, 2.24) is 15.5 Å². The Morgan fingerprint density at radius 2 is 2.00 bits per heavy atom. The maximum absolute atomic E-state index is 12.3. The summed E-state index contributed by atoms with van der Waals surface area (Å²) in [5.74, 6) is -0.498. The van der Waals surface area contributed by atoms with Gasteiger partial charge in [-0.05, 0) is 26.3 Å². The zero-order chi connectivity index (χ0) is 18.0. The number of rotatable bonds is 4. The van der Waals surface area contributed by atoms with Gasteiger partial charge in [-0.2, -0.15) is 0 Å². The highest BCUT2D eigenvalue weighted by atomic mass is 32.1. The molecule has 0 spiro atoms. The number of hydrogen-bond donors (Lipinski definition) is 1. The molecule has 0 saturated carbocycles. The minimum absolute atomic E-state index is 0.0727. The minimum atomic E-state index is -0.340. The molecule has 3 rings (SSSR count). The molecule has 2 aromatic rings. The smallest absolute Gasteiger partial charge is 0.229 e. The summed E-state index contributed by atoms with van der Waals surface area (Å²) in [7, 11) is 0. The van der Waals surface area contributed by atoms with Crippen LogP contribution >= 0.6 is 11.3 Å². The first-order chi connectivity index (χ1) is 11.8. The molecule has 1 N–H and O–H groups in total. The van der Waals surface area contributed by atoms with Gasteiger partial charge in [0, 0.05) is 24.9 Å². The van der Waals surface area contributed by atoms with Crippen LogP contribution in [-0.2, 0) is 16.0 Å². The SMILES string of the molecule is CC(C)(C)NC(=O)C1CC(=O)N(c2nnc(Cc3ccccc3)s2)C1. The van der Waals surface area contributed by atoms with Gasteiger partial charge >= 0.3 is 0 Å². The van der Waals surface area contributed by atoms with Crippen LogP contribution in [0.3, 0.4) is 0 Å². The maximum Gasteiger partial charge on any atom is 0.229 e. The van der Waals surface area contributed by atoms with Gasteiger partial charge < -0.3 is 5.32 Å². The first kappa shape index (κ1) is 17.5. The maximum atomic E-state index is 12.3. The number of carbonyl (C=O) groups is 2. The van der Waals surface area contributed by atoms with Gasteiger partial charge in [-0.1, -0.05) is 41.7 Å². The number of anilines is 1. The molecule has 25 heavy (non-hydrogen) atoms. The number of nitrogens with zero attached hydrogens (tertiary/aromatic N) is 3. The molecule has 2 amide bonds. The second-order valence-electron chi connectivity index (χ2n) is 7.29. The lowest BCUT2D eigenvalue weighted by Crippen LogP contribution is -2.44. The lowest BCUT2D eigenvalue weighted by atomic mass is 10.0. The third-order valence-corrected chi connectivity index (χ3v) is 4.83. The van der Waals surface area contributed by atoms with E-state index in [9.17, 15) is 9.59 Å². The van der Waals surface area contributed by atoms with Crippen molar-refractivity contribution in [3.63, 3.8) is 0 Å². The van der Waals surface area contributed by atoms with E-state index in [0.717, 1.165) is 10.6 Å². The summed E-state index contributed by atoms with van der Waals surface area (Å²) in [6.45, 7) is 6.15. The van der Waals surface area contributed by atoms with E-state index in [-0.39, 0.29) is 29.7 Å². The molecule has 0 radical (unpaired) electrons. The van der Waals surface area contributed by atoms with E-state index in [1.54, 1.807) is 4.90 Å². The topological polar surface area (TPSA) is 75.2 Å². The third kappa shape index (κ3) is 4.42. The molecular formula is C18H22N4O2S. The molecule has 1 atom stereocenters. The molecule has 2 heterocycles. The average molecular weight is 358 g/mol. The van der Waals surface area contributed by atoms with Crippen molar-refractivity contribution in [2.24, 2.45) is 5.92 Å². The van der Waals surface area contributed by atoms with Crippen molar-refractivity contribution in [3.8, 4) is 0 Å². The fourth-order valence-corrected chi connectivity index (χ4v) is 3.63. The van der Waals surface area contributed by atoms with Crippen LogP contribution in [0, 0.1) is 5.92 Å². The van der Waals surface area contributed by atoms with Crippen LogP contribution in [0.1, 0.15) is 37.8 Å². The normalized spacial score (nSPS) is 17.8. The van der Waals surface area contributed by atoms with Crippen LogP contribution < -0.4 is 10.2 Å². The van der Waals surface area contributed by atoms with E-state index in [2.05, 4.69) is 15.5 Å². The second-order valence-corrected chi connectivity index (χ2v) is 8.33. The van der Waals surface area contributed by atoms with Crippen molar-refractivity contribution in [2.75, 3.05) is 11.4 Å². The van der Waals surface area contributed by atoms with Crippen molar-refractivity contribution >= 4 is 28.3 Å². The van der Waals surface area contributed by atoms with Gasteiger partial charge in [0.1, 0.15) is 5.01 Å². The van der Waals surface area contributed by atoms with Gasteiger partial charge in [-0.15, -0.1) is 10.2 Å². The zero-order valence-corrected chi connectivity index (χ0v) is 15.5. The Kier molecular flexibility index (Phi) is 4.85. The number of aromatic nitrogens is 2. The van der Waals surface area contributed by atoms with Gasteiger partial charge in [-0.25, -0.2) is 0 Å². The average Bonchev–Trinajstić information content (AvgIpc) is 3.13. The van der Waals surface area contributed by atoms with E-state index in [1.807, 2.05) is 51.1 Å². The predicted molar refractivity (Wildman–Crippen MR) is 97.5 cm³/mol. The Balaban J connectivity index is 1.66. The number of hydrogen-bond acceptors (Lipinski definition) is 5. The third-order valence-electron chi connectivity index (χ3n) is 3.88.